The van der Waals surface area contributed by atoms with Gasteiger partial charge in [0.15, 0.2) is 0 Å². The molecule has 128 valence electrons. The lowest BCUT2D eigenvalue weighted by atomic mass is 10.00. The zero-order valence-electron chi connectivity index (χ0n) is 13.7. The van der Waals surface area contributed by atoms with Gasteiger partial charge in [-0.3, -0.25) is 5.32 Å². The Labute approximate surface area is 148 Å². The van der Waals surface area contributed by atoms with Crippen molar-refractivity contribution in [1.82, 2.24) is 29.9 Å². The number of aromatic nitrogens is 5. The normalized spacial score (nSPS) is 14.4. The second kappa shape index (κ2) is 6.60. The Kier molecular flexibility index (Phi) is 4.14. The van der Waals surface area contributed by atoms with Gasteiger partial charge in [-0.05, 0) is 5.56 Å². The topological polar surface area (TPSA) is 88.8 Å². The Morgan fingerprint density at radius 2 is 2.04 bits per heavy atom. The molecule has 2 aromatic heterocycles. The number of nitrogens with zero attached hydrogens (tertiary/aromatic N) is 6. The third-order valence-corrected chi connectivity index (χ3v) is 5.00. The molecule has 1 saturated heterocycles. The molecule has 0 spiro atoms. The average Bonchev–Trinajstić information content (AvgIpc) is 3.17. The molecule has 2 amide bonds. The molecule has 25 heavy (non-hydrogen) atoms. The van der Waals surface area contributed by atoms with E-state index in [9.17, 15) is 4.79 Å². The van der Waals surface area contributed by atoms with Gasteiger partial charge in [-0.25, -0.2) is 4.79 Å². The highest BCUT2D eigenvalue weighted by Crippen LogP contribution is 2.26. The largest absolute Gasteiger partial charge is 0.323 e. The number of amides is 2. The Morgan fingerprint density at radius 1 is 1.24 bits per heavy atom. The van der Waals surface area contributed by atoms with E-state index < -0.39 is 0 Å². The van der Waals surface area contributed by atoms with E-state index in [0.717, 1.165) is 10.8 Å². The van der Waals surface area contributed by atoms with Crippen LogP contribution in [-0.2, 0) is 13.5 Å². The summed E-state index contributed by atoms with van der Waals surface area (Å²) in [6.45, 7) is 1.27. The summed E-state index contributed by atoms with van der Waals surface area (Å²) in [5, 5.41) is 20.4. The first kappa shape index (κ1) is 15.7. The molecular formula is C16H17N7OS. The van der Waals surface area contributed by atoms with E-state index in [2.05, 4.69) is 25.7 Å². The maximum absolute atomic E-state index is 12.3. The molecule has 3 heterocycles. The Balaban J connectivity index is 1.31. The third-order valence-electron chi connectivity index (χ3n) is 4.16. The zero-order chi connectivity index (χ0) is 17.2. The minimum Gasteiger partial charge on any atom is -0.323 e. The van der Waals surface area contributed by atoms with Crippen LogP contribution < -0.4 is 5.32 Å². The van der Waals surface area contributed by atoms with Crippen LogP contribution in [0.5, 0.6) is 0 Å². The van der Waals surface area contributed by atoms with E-state index in [-0.39, 0.29) is 11.9 Å². The molecule has 1 aromatic carbocycles. The molecule has 0 aliphatic carbocycles. The van der Waals surface area contributed by atoms with E-state index in [4.69, 9.17) is 0 Å². The van der Waals surface area contributed by atoms with Crippen molar-refractivity contribution >= 4 is 22.5 Å². The van der Waals surface area contributed by atoms with Gasteiger partial charge in [-0.2, -0.15) is 0 Å². The molecule has 3 aromatic rings. The van der Waals surface area contributed by atoms with Crippen LogP contribution >= 0.6 is 11.3 Å². The Hall–Kier alpha value is -2.81. The number of anilines is 1. The van der Waals surface area contributed by atoms with Crippen molar-refractivity contribution in [3.63, 3.8) is 0 Å². The Morgan fingerprint density at radius 3 is 2.76 bits per heavy atom. The van der Waals surface area contributed by atoms with Gasteiger partial charge in [-0.15, -0.1) is 20.4 Å². The van der Waals surface area contributed by atoms with Crippen molar-refractivity contribution in [2.45, 2.75) is 12.3 Å². The number of urea groups is 1. The summed E-state index contributed by atoms with van der Waals surface area (Å²) in [7, 11) is 1.91. The molecule has 0 radical (unpaired) electrons. The zero-order valence-corrected chi connectivity index (χ0v) is 14.5. The number of carbonyl (C=O) groups is 1. The van der Waals surface area contributed by atoms with Crippen molar-refractivity contribution in [3.8, 4) is 0 Å². The summed E-state index contributed by atoms with van der Waals surface area (Å²) < 4.78 is 1.89. The summed E-state index contributed by atoms with van der Waals surface area (Å²) >= 11 is 1.40. The van der Waals surface area contributed by atoms with Crippen LogP contribution in [-0.4, -0.2) is 49.0 Å². The second-order valence-corrected chi connectivity index (χ2v) is 7.06. The fourth-order valence-electron chi connectivity index (χ4n) is 2.79. The summed E-state index contributed by atoms with van der Waals surface area (Å²) in [6, 6.07) is 9.92. The molecule has 1 aliphatic heterocycles. The maximum atomic E-state index is 12.3. The third kappa shape index (κ3) is 3.36. The van der Waals surface area contributed by atoms with E-state index in [1.165, 1.54) is 16.9 Å². The molecule has 1 aliphatic rings. The van der Waals surface area contributed by atoms with Gasteiger partial charge in [0.05, 0.1) is 5.92 Å². The van der Waals surface area contributed by atoms with E-state index in [1.807, 2.05) is 41.9 Å². The fraction of sp³-hybridized carbons (Fsp3) is 0.312. The molecule has 4 rings (SSSR count). The number of nitrogens with one attached hydrogen (secondary N) is 1. The molecule has 9 heteroatoms. The standard InChI is InChI=1S/C16H17N7OS/c1-22-10-17-20-14(22)12-8-23(9-12)16(24)18-15-21-19-13(25-15)7-11-5-3-2-4-6-11/h2-6,10,12H,7-9H2,1H3,(H,18,21,24). The molecule has 1 fully saturated rings. The molecule has 0 atom stereocenters. The van der Waals surface area contributed by atoms with E-state index >= 15 is 0 Å². The number of hydrogen-bond donors (Lipinski definition) is 1. The number of aryl methyl sites for hydroxylation is 1. The van der Waals surface area contributed by atoms with Gasteiger partial charge in [0.25, 0.3) is 0 Å². The number of likely N-dealkylation sites (tertiary alicyclic amines) is 1. The number of carbonyl (C=O) groups excluding carboxylic acids is 1. The predicted molar refractivity (Wildman–Crippen MR) is 93.5 cm³/mol. The average molecular weight is 355 g/mol. The number of rotatable bonds is 4. The summed E-state index contributed by atoms with van der Waals surface area (Å²) in [5.74, 6) is 1.14. The van der Waals surface area contributed by atoms with Crippen LogP contribution in [0.1, 0.15) is 22.3 Å². The van der Waals surface area contributed by atoms with Crippen LogP contribution in [0.3, 0.4) is 0 Å². The molecule has 0 unspecified atom stereocenters. The van der Waals surface area contributed by atoms with Crippen LogP contribution in [0.2, 0.25) is 0 Å². The highest BCUT2D eigenvalue weighted by Gasteiger charge is 2.34. The minimum absolute atomic E-state index is 0.152. The Bertz CT molecular complexity index is 870. The van der Waals surface area contributed by atoms with Crippen molar-refractivity contribution in [1.29, 1.82) is 0 Å². The first-order valence-electron chi connectivity index (χ1n) is 7.95. The summed E-state index contributed by atoms with van der Waals surface area (Å²) in [5.41, 5.74) is 1.17. The lowest BCUT2D eigenvalue weighted by Crippen LogP contribution is -2.50. The molecule has 8 nitrogen and oxygen atoms in total. The van der Waals surface area contributed by atoms with Crippen LogP contribution in [0.4, 0.5) is 9.93 Å². The number of hydrogen-bond acceptors (Lipinski definition) is 6. The summed E-state index contributed by atoms with van der Waals surface area (Å²) in [6.07, 6.45) is 2.39. The highest BCUT2D eigenvalue weighted by atomic mass is 32.1. The van der Waals surface area contributed by atoms with Crippen molar-refractivity contribution in [2.24, 2.45) is 7.05 Å². The monoisotopic (exact) mass is 355 g/mol. The van der Waals surface area contributed by atoms with Crippen LogP contribution in [0, 0.1) is 0 Å². The smallest absolute Gasteiger partial charge is 0.323 e. The van der Waals surface area contributed by atoms with Gasteiger partial charge in [0, 0.05) is 26.6 Å². The number of benzene rings is 1. The van der Waals surface area contributed by atoms with Crippen molar-refractivity contribution < 1.29 is 4.79 Å². The molecule has 0 saturated carbocycles. The van der Waals surface area contributed by atoms with E-state index in [0.29, 0.717) is 24.6 Å². The van der Waals surface area contributed by atoms with Gasteiger partial charge < -0.3 is 9.47 Å². The lowest BCUT2D eigenvalue weighted by molar-refractivity contribution is 0.159. The predicted octanol–water partition coefficient (Wildman–Crippen LogP) is 1.89. The lowest BCUT2D eigenvalue weighted by Gasteiger charge is -2.37. The van der Waals surface area contributed by atoms with Crippen LogP contribution in [0.25, 0.3) is 0 Å². The fourth-order valence-corrected chi connectivity index (χ4v) is 3.55. The van der Waals surface area contributed by atoms with Crippen molar-refractivity contribution in [2.75, 3.05) is 18.4 Å². The SMILES string of the molecule is Cn1cnnc1C1CN(C(=O)Nc2nnc(Cc3ccccc3)s2)C1. The van der Waals surface area contributed by atoms with Gasteiger partial charge >= 0.3 is 6.03 Å². The molecule has 1 N–H and O–H groups in total. The second-order valence-electron chi connectivity index (χ2n) is 6.00. The van der Waals surface area contributed by atoms with Crippen LogP contribution in [0.15, 0.2) is 36.7 Å². The molecular weight excluding hydrogens is 338 g/mol. The first-order chi connectivity index (χ1) is 12.2. The van der Waals surface area contributed by atoms with E-state index in [1.54, 1.807) is 11.2 Å². The summed E-state index contributed by atoms with van der Waals surface area (Å²) in [4.78, 5) is 14.0. The van der Waals surface area contributed by atoms with Crippen molar-refractivity contribution in [3.05, 3.63) is 53.1 Å². The molecule has 0 bridgehead atoms. The van der Waals surface area contributed by atoms with Gasteiger partial charge in [0.2, 0.25) is 5.13 Å². The first-order valence-corrected chi connectivity index (χ1v) is 8.77. The van der Waals surface area contributed by atoms with Gasteiger partial charge in [0.1, 0.15) is 17.2 Å². The minimum atomic E-state index is -0.152. The quantitative estimate of drug-likeness (QED) is 0.772. The van der Waals surface area contributed by atoms with Gasteiger partial charge in [-0.1, -0.05) is 41.7 Å². The highest BCUT2D eigenvalue weighted by molar-refractivity contribution is 7.15. The maximum Gasteiger partial charge on any atom is 0.323 e.